The summed E-state index contributed by atoms with van der Waals surface area (Å²) in [4.78, 5) is 16.7. The number of nitrogens with zero attached hydrogens (tertiary/aromatic N) is 3. The molecule has 3 aromatic rings. The predicted molar refractivity (Wildman–Crippen MR) is 110 cm³/mol. The number of carbonyl (C=O) groups excluding carboxylic acids is 1. The molecule has 8 heteroatoms. The third kappa shape index (κ3) is 3.72. The van der Waals surface area contributed by atoms with E-state index in [0.29, 0.717) is 11.4 Å². The van der Waals surface area contributed by atoms with Gasteiger partial charge in [-0.3, -0.25) is 9.79 Å². The number of benzene rings is 2. The highest BCUT2D eigenvalue weighted by Crippen LogP contribution is 2.32. The zero-order valence-electron chi connectivity index (χ0n) is 14.3. The molecule has 0 spiro atoms. The first kappa shape index (κ1) is 17.7. The topological polar surface area (TPSA) is 68.0 Å². The van der Waals surface area contributed by atoms with Crippen LogP contribution in [-0.2, 0) is 4.79 Å². The van der Waals surface area contributed by atoms with Gasteiger partial charge in [0.05, 0.1) is 17.6 Å². The molecule has 0 saturated carbocycles. The number of ether oxygens (including phenoxy) is 1. The molecule has 0 saturated heterocycles. The Kier molecular flexibility index (Phi) is 4.91. The molecule has 4 rings (SSSR count). The fraction of sp³-hybridized carbons (Fsp3) is 0.105. The Hall–Kier alpha value is -2.71. The summed E-state index contributed by atoms with van der Waals surface area (Å²) in [5.74, 6) is 0.509. The molecule has 2 aromatic carbocycles. The quantitative estimate of drug-likeness (QED) is 0.627. The lowest BCUT2D eigenvalue weighted by atomic mass is 10.1. The molecule has 0 fully saturated rings. The predicted octanol–water partition coefficient (Wildman–Crippen LogP) is 3.72. The SMILES string of the molecule is CN=c1scc(-c2ccc3c(c2)NC(=O)CO3)n1N=Cc1ccc(Br)cc1. The van der Waals surface area contributed by atoms with E-state index in [0.717, 1.165) is 26.1 Å². The van der Waals surface area contributed by atoms with E-state index >= 15 is 0 Å². The minimum Gasteiger partial charge on any atom is -0.482 e. The van der Waals surface area contributed by atoms with Gasteiger partial charge >= 0.3 is 0 Å². The number of thiazole rings is 1. The van der Waals surface area contributed by atoms with Crippen molar-refractivity contribution in [3.05, 3.63) is 62.7 Å². The summed E-state index contributed by atoms with van der Waals surface area (Å²) in [6, 6.07) is 13.6. The third-order valence-electron chi connectivity index (χ3n) is 3.98. The largest absolute Gasteiger partial charge is 0.482 e. The molecular formula is C19H15BrN4O2S. The molecular weight excluding hydrogens is 428 g/mol. The van der Waals surface area contributed by atoms with Crippen LogP contribution in [0.25, 0.3) is 11.3 Å². The van der Waals surface area contributed by atoms with Crippen LogP contribution in [0.5, 0.6) is 5.75 Å². The molecule has 1 amide bonds. The maximum atomic E-state index is 11.6. The Morgan fingerprint density at radius 2 is 2.07 bits per heavy atom. The van der Waals surface area contributed by atoms with Crippen LogP contribution in [0.4, 0.5) is 5.69 Å². The molecule has 27 heavy (non-hydrogen) atoms. The molecule has 0 radical (unpaired) electrons. The van der Waals surface area contributed by atoms with Gasteiger partial charge in [0, 0.05) is 22.5 Å². The normalized spacial score (nSPS) is 14.1. The number of hydrogen-bond donors (Lipinski definition) is 1. The van der Waals surface area contributed by atoms with Crippen LogP contribution in [0.15, 0.2) is 62.4 Å². The Morgan fingerprint density at radius 1 is 1.26 bits per heavy atom. The van der Waals surface area contributed by atoms with Crippen molar-refractivity contribution in [3.8, 4) is 17.0 Å². The van der Waals surface area contributed by atoms with E-state index in [9.17, 15) is 4.79 Å². The van der Waals surface area contributed by atoms with Crippen LogP contribution in [0.1, 0.15) is 5.56 Å². The Bertz CT molecular complexity index is 1100. The smallest absolute Gasteiger partial charge is 0.262 e. The summed E-state index contributed by atoms with van der Waals surface area (Å²) < 4.78 is 8.24. The number of carbonyl (C=O) groups is 1. The van der Waals surface area contributed by atoms with Gasteiger partial charge in [0.15, 0.2) is 6.61 Å². The van der Waals surface area contributed by atoms with Crippen LogP contribution < -0.4 is 14.9 Å². The van der Waals surface area contributed by atoms with Crippen molar-refractivity contribution in [2.24, 2.45) is 10.1 Å². The van der Waals surface area contributed by atoms with Gasteiger partial charge in [-0.05, 0) is 35.9 Å². The number of amides is 1. The standard InChI is InChI=1S/C19H15BrN4O2S/c1-21-19-24(22-9-12-2-5-14(20)6-3-12)16(11-27-19)13-4-7-17-15(8-13)23-18(25)10-26-17/h2-9,11H,10H2,1H3,(H,23,25). The summed E-state index contributed by atoms with van der Waals surface area (Å²) in [6.45, 7) is 0.0428. The van der Waals surface area contributed by atoms with Crippen LogP contribution in [0.2, 0.25) is 0 Å². The molecule has 6 nitrogen and oxygen atoms in total. The van der Waals surface area contributed by atoms with Crippen molar-refractivity contribution in [2.75, 3.05) is 19.0 Å². The summed E-state index contributed by atoms with van der Waals surface area (Å²) in [6.07, 6.45) is 1.79. The maximum absolute atomic E-state index is 11.6. The molecule has 2 heterocycles. The van der Waals surface area contributed by atoms with Crippen molar-refractivity contribution < 1.29 is 9.53 Å². The first-order chi connectivity index (χ1) is 13.1. The van der Waals surface area contributed by atoms with E-state index in [1.54, 1.807) is 17.9 Å². The second-order valence-electron chi connectivity index (χ2n) is 5.78. The number of hydrogen-bond acceptors (Lipinski definition) is 5. The number of anilines is 1. The van der Waals surface area contributed by atoms with Crippen molar-refractivity contribution in [1.29, 1.82) is 0 Å². The highest BCUT2D eigenvalue weighted by molar-refractivity contribution is 9.10. The first-order valence-electron chi connectivity index (χ1n) is 8.14. The van der Waals surface area contributed by atoms with Gasteiger partial charge in [-0.2, -0.15) is 5.10 Å². The molecule has 0 bridgehead atoms. The fourth-order valence-corrected chi connectivity index (χ4v) is 3.74. The molecule has 136 valence electrons. The lowest BCUT2D eigenvalue weighted by Gasteiger charge is -2.18. The Balaban J connectivity index is 1.74. The lowest BCUT2D eigenvalue weighted by molar-refractivity contribution is -0.118. The highest BCUT2D eigenvalue weighted by atomic mass is 79.9. The van der Waals surface area contributed by atoms with E-state index in [4.69, 9.17) is 4.74 Å². The lowest BCUT2D eigenvalue weighted by Crippen LogP contribution is -2.25. The molecule has 1 N–H and O–H groups in total. The van der Waals surface area contributed by atoms with Crippen molar-refractivity contribution >= 4 is 45.1 Å². The molecule has 0 aliphatic carbocycles. The van der Waals surface area contributed by atoms with Gasteiger partial charge in [-0.25, -0.2) is 4.68 Å². The zero-order chi connectivity index (χ0) is 18.8. The summed E-state index contributed by atoms with van der Waals surface area (Å²) in [7, 11) is 1.74. The number of nitrogens with one attached hydrogen (secondary N) is 1. The summed E-state index contributed by atoms with van der Waals surface area (Å²) >= 11 is 4.93. The minimum absolute atomic E-state index is 0.0428. The number of fused-ring (bicyclic) bond motifs is 1. The Morgan fingerprint density at radius 3 is 2.85 bits per heavy atom. The van der Waals surface area contributed by atoms with Crippen molar-refractivity contribution in [2.45, 2.75) is 0 Å². The fourth-order valence-electron chi connectivity index (χ4n) is 2.68. The van der Waals surface area contributed by atoms with E-state index in [-0.39, 0.29) is 12.5 Å². The van der Waals surface area contributed by atoms with E-state index in [2.05, 4.69) is 31.3 Å². The van der Waals surface area contributed by atoms with Gasteiger partial charge in [0.25, 0.3) is 5.91 Å². The summed E-state index contributed by atoms with van der Waals surface area (Å²) in [5.41, 5.74) is 3.44. The third-order valence-corrected chi connectivity index (χ3v) is 5.41. The van der Waals surface area contributed by atoms with Crippen LogP contribution in [-0.4, -0.2) is 30.5 Å². The van der Waals surface area contributed by atoms with Gasteiger partial charge in [-0.1, -0.05) is 28.1 Å². The van der Waals surface area contributed by atoms with E-state index < -0.39 is 0 Å². The highest BCUT2D eigenvalue weighted by Gasteiger charge is 2.17. The second kappa shape index (κ2) is 7.50. The van der Waals surface area contributed by atoms with Crippen molar-refractivity contribution in [3.63, 3.8) is 0 Å². The monoisotopic (exact) mass is 442 g/mol. The maximum Gasteiger partial charge on any atom is 0.262 e. The van der Waals surface area contributed by atoms with Gasteiger partial charge in [0.2, 0.25) is 4.80 Å². The minimum atomic E-state index is -0.157. The average molecular weight is 443 g/mol. The number of halogens is 1. The molecule has 0 atom stereocenters. The van der Waals surface area contributed by atoms with Crippen LogP contribution >= 0.6 is 27.3 Å². The molecule has 1 aliphatic heterocycles. The molecule has 1 aromatic heterocycles. The van der Waals surface area contributed by atoms with Gasteiger partial charge < -0.3 is 10.1 Å². The molecule has 1 aliphatic rings. The van der Waals surface area contributed by atoms with E-state index in [1.165, 1.54) is 11.3 Å². The van der Waals surface area contributed by atoms with Crippen LogP contribution in [0, 0.1) is 0 Å². The first-order valence-corrected chi connectivity index (χ1v) is 9.81. The molecule has 0 unspecified atom stereocenters. The average Bonchev–Trinajstić information content (AvgIpc) is 3.10. The summed E-state index contributed by atoms with van der Waals surface area (Å²) in [5, 5.41) is 9.45. The number of aromatic nitrogens is 1. The number of rotatable bonds is 3. The van der Waals surface area contributed by atoms with Crippen LogP contribution in [0.3, 0.4) is 0 Å². The zero-order valence-corrected chi connectivity index (χ0v) is 16.8. The van der Waals surface area contributed by atoms with Crippen molar-refractivity contribution in [1.82, 2.24) is 4.68 Å². The van der Waals surface area contributed by atoms with Gasteiger partial charge in [-0.15, -0.1) is 11.3 Å². The Labute approximate surface area is 168 Å². The van der Waals surface area contributed by atoms with Gasteiger partial charge in [0.1, 0.15) is 5.75 Å². The van der Waals surface area contributed by atoms with E-state index in [1.807, 2.05) is 47.8 Å². The second-order valence-corrected chi connectivity index (χ2v) is 7.54.